The van der Waals surface area contributed by atoms with E-state index in [0.717, 1.165) is 27.7 Å². The second kappa shape index (κ2) is 6.94. The minimum absolute atomic E-state index is 0.300. The van der Waals surface area contributed by atoms with Crippen molar-refractivity contribution in [3.8, 4) is 0 Å². The van der Waals surface area contributed by atoms with Crippen molar-refractivity contribution in [2.45, 2.75) is 16.3 Å². The summed E-state index contributed by atoms with van der Waals surface area (Å²) in [5.74, 6) is 0.877. The minimum Gasteiger partial charge on any atom is -0.487 e. The molecule has 5 rings (SSSR count). The molecule has 0 N–H and O–H groups in total. The predicted molar refractivity (Wildman–Crippen MR) is 113 cm³/mol. The Morgan fingerprint density at radius 1 is 0.931 bits per heavy atom. The van der Waals surface area contributed by atoms with E-state index in [1.54, 1.807) is 24.3 Å². The molecule has 0 saturated carbocycles. The molecule has 0 spiro atoms. The van der Waals surface area contributed by atoms with E-state index in [4.69, 9.17) is 4.74 Å². The van der Waals surface area contributed by atoms with Crippen molar-refractivity contribution in [3.05, 3.63) is 108 Å². The number of allylic oxidation sites excluding steroid dienone is 1. The summed E-state index contributed by atoms with van der Waals surface area (Å²) < 4.78 is 32.0. The fourth-order valence-electron chi connectivity index (χ4n) is 3.68. The molecule has 3 aromatic carbocycles. The summed E-state index contributed by atoms with van der Waals surface area (Å²) in [5.41, 5.74) is 2.13. The third kappa shape index (κ3) is 3.23. The van der Waals surface area contributed by atoms with Crippen molar-refractivity contribution in [3.63, 3.8) is 0 Å². The molecule has 3 aromatic rings. The van der Waals surface area contributed by atoms with Gasteiger partial charge in [0.15, 0.2) is 0 Å². The van der Waals surface area contributed by atoms with Crippen LogP contribution in [0.15, 0.2) is 112 Å². The maximum absolute atomic E-state index is 13.2. The van der Waals surface area contributed by atoms with Crippen molar-refractivity contribution in [1.82, 2.24) is 4.90 Å². The molecule has 0 aliphatic carbocycles. The van der Waals surface area contributed by atoms with E-state index < -0.39 is 9.84 Å². The van der Waals surface area contributed by atoms with Gasteiger partial charge in [-0.25, -0.2) is 8.42 Å². The van der Waals surface area contributed by atoms with Gasteiger partial charge in [0.1, 0.15) is 12.4 Å². The Morgan fingerprint density at radius 3 is 2.59 bits per heavy atom. The highest BCUT2D eigenvalue weighted by Gasteiger charge is 2.20. The van der Waals surface area contributed by atoms with Crippen LogP contribution in [0.1, 0.15) is 5.56 Å². The van der Waals surface area contributed by atoms with Gasteiger partial charge in [0, 0.05) is 29.9 Å². The fraction of sp³-hybridized carbons (Fsp3) is 0.0833. The number of hydrogen-bond donors (Lipinski definition) is 0. The summed E-state index contributed by atoms with van der Waals surface area (Å²) in [5, 5.41) is 1.65. The highest BCUT2D eigenvalue weighted by molar-refractivity contribution is 7.91. The summed E-state index contributed by atoms with van der Waals surface area (Å²) in [7, 11) is -3.59. The summed E-state index contributed by atoms with van der Waals surface area (Å²) >= 11 is 0. The molecule has 0 bridgehead atoms. The second-order valence-electron chi connectivity index (χ2n) is 7.08. The maximum Gasteiger partial charge on any atom is 0.207 e. The van der Waals surface area contributed by atoms with Crippen LogP contribution in [-0.4, -0.2) is 19.9 Å². The van der Waals surface area contributed by atoms with Crippen LogP contribution >= 0.6 is 0 Å². The standard InChI is InChI=1S/C24H19NO3S/c26-29(27,24-7-3-5-19-4-1-2-6-22(19)24)21-10-8-18(9-11-21)16-25-14-12-20-13-15-28-23(20)17-25/h1-14,17H,15-16H2. The molecular weight excluding hydrogens is 382 g/mol. The minimum atomic E-state index is -3.59. The fourth-order valence-corrected chi connectivity index (χ4v) is 5.16. The molecule has 29 heavy (non-hydrogen) atoms. The number of fused-ring (bicyclic) bond motifs is 2. The third-order valence-electron chi connectivity index (χ3n) is 5.19. The SMILES string of the molecule is O=S(=O)(c1ccc(CN2C=CC3=CCOC3=C2)cc1)c1cccc2ccccc12. The first-order chi connectivity index (χ1) is 14.1. The molecule has 0 amide bonds. The van der Waals surface area contributed by atoms with Gasteiger partial charge in [0.2, 0.25) is 9.84 Å². The number of benzene rings is 3. The molecule has 5 heteroatoms. The lowest BCUT2D eigenvalue weighted by molar-refractivity contribution is 0.265. The second-order valence-corrected chi connectivity index (χ2v) is 8.99. The Kier molecular flexibility index (Phi) is 4.25. The number of sulfone groups is 1. The third-order valence-corrected chi connectivity index (χ3v) is 7.02. The molecule has 0 fully saturated rings. The van der Waals surface area contributed by atoms with Crippen LogP contribution in [0.25, 0.3) is 10.8 Å². The van der Waals surface area contributed by atoms with Crippen molar-refractivity contribution in [1.29, 1.82) is 0 Å². The number of rotatable bonds is 4. The summed E-state index contributed by atoms with van der Waals surface area (Å²) in [6.07, 6.45) is 8.05. The summed E-state index contributed by atoms with van der Waals surface area (Å²) in [6, 6.07) is 20.0. The topological polar surface area (TPSA) is 46.6 Å². The van der Waals surface area contributed by atoms with Gasteiger partial charge in [-0.05, 0) is 41.3 Å². The summed E-state index contributed by atoms with van der Waals surface area (Å²) in [6.45, 7) is 1.26. The molecule has 0 aromatic heterocycles. The zero-order chi connectivity index (χ0) is 19.8. The van der Waals surface area contributed by atoms with Crippen molar-refractivity contribution in [2.75, 3.05) is 6.61 Å². The summed E-state index contributed by atoms with van der Waals surface area (Å²) in [4.78, 5) is 2.67. The predicted octanol–water partition coefficient (Wildman–Crippen LogP) is 4.80. The molecule has 0 atom stereocenters. The monoisotopic (exact) mass is 401 g/mol. The first-order valence-electron chi connectivity index (χ1n) is 9.42. The van der Waals surface area contributed by atoms with Gasteiger partial charge in [-0.1, -0.05) is 48.5 Å². The average molecular weight is 401 g/mol. The van der Waals surface area contributed by atoms with Gasteiger partial charge in [-0.2, -0.15) is 0 Å². The van der Waals surface area contributed by atoms with Gasteiger partial charge >= 0.3 is 0 Å². The Bertz CT molecular complexity index is 1280. The van der Waals surface area contributed by atoms with Gasteiger partial charge in [0.05, 0.1) is 9.79 Å². The van der Waals surface area contributed by atoms with Crippen LogP contribution < -0.4 is 0 Å². The molecule has 0 radical (unpaired) electrons. The van der Waals surface area contributed by atoms with Gasteiger partial charge < -0.3 is 9.64 Å². The molecule has 4 nitrogen and oxygen atoms in total. The van der Waals surface area contributed by atoms with Gasteiger partial charge in [-0.3, -0.25) is 0 Å². The highest BCUT2D eigenvalue weighted by atomic mass is 32.2. The van der Waals surface area contributed by atoms with Crippen molar-refractivity contribution < 1.29 is 13.2 Å². The molecular formula is C24H19NO3S. The van der Waals surface area contributed by atoms with E-state index in [1.165, 1.54) is 0 Å². The zero-order valence-electron chi connectivity index (χ0n) is 15.7. The average Bonchev–Trinajstić information content (AvgIpc) is 3.21. The Labute approximate surface area is 170 Å². The van der Waals surface area contributed by atoms with Crippen LogP contribution in [0.4, 0.5) is 0 Å². The number of nitrogens with zero attached hydrogens (tertiary/aromatic N) is 1. The number of ether oxygens (including phenoxy) is 1. The van der Waals surface area contributed by atoms with Crippen LogP contribution in [-0.2, 0) is 21.1 Å². The van der Waals surface area contributed by atoms with Crippen LogP contribution in [0, 0.1) is 0 Å². The Hall–Kier alpha value is -3.31. The smallest absolute Gasteiger partial charge is 0.207 e. The first kappa shape index (κ1) is 17.8. The lowest BCUT2D eigenvalue weighted by Gasteiger charge is -2.20. The van der Waals surface area contributed by atoms with E-state index in [0.29, 0.717) is 22.9 Å². The lowest BCUT2D eigenvalue weighted by Crippen LogP contribution is -2.13. The van der Waals surface area contributed by atoms with Crippen molar-refractivity contribution >= 4 is 20.6 Å². The molecule has 0 saturated heterocycles. The maximum atomic E-state index is 13.2. The normalized spacial score (nSPS) is 15.7. The van der Waals surface area contributed by atoms with E-state index in [2.05, 4.69) is 0 Å². The highest BCUT2D eigenvalue weighted by Crippen LogP contribution is 2.29. The number of hydrogen-bond acceptors (Lipinski definition) is 4. The zero-order valence-corrected chi connectivity index (χ0v) is 16.5. The first-order valence-corrected chi connectivity index (χ1v) is 10.9. The van der Waals surface area contributed by atoms with Crippen molar-refractivity contribution in [2.24, 2.45) is 0 Å². The molecule has 2 aliphatic heterocycles. The Balaban J connectivity index is 1.42. The van der Waals surface area contributed by atoms with Gasteiger partial charge in [0.25, 0.3) is 0 Å². The Morgan fingerprint density at radius 2 is 1.72 bits per heavy atom. The van der Waals surface area contributed by atoms with E-state index in [9.17, 15) is 8.42 Å². The molecule has 0 unspecified atom stereocenters. The quantitative estimate of drug-likeness (QED) is 0.630. The van der Waals surface area contributed by atoms with Crippen LogP contribution in [0.5, 0.6) is 0 Å². The van der Waals surface area contributed by atoms with E-state index >= 15 is 0 Å². The van der Waals surface area contributed by atoms with Crippen LogP contribution in [0.3, 0.4) is 0 Å². The van der Waals surface area contributed by atoms with Crippen LogP contribution in [0.2, 0.25) is 0 Å². The molecule has 2 aliphatic rings. The lowest BCUT2D eigenvalue weighted by atomic mass is 10.1. The largest absolute Gasteiger partial charge is 0.487 e. The van der Waals surface area contributed by atoms with Gasteiger partial charge in [-0.15, -0.1) is 0 Å². The molecule has 144 valence electrons. The van der Waals surface area contributed by atoms with E-state index in [1.807, 2.05) is 71.9 Å². The van der Waals surface area contributed by atoms with E-state index in [-0.39, 0.29) is 0 Å². The molecule has 2 heterocycles.